The zero-order valence-electron chi connectivity index (χ0n) is 16.0. The van der Waals surface area contributed by atoms with E-state index >= 15 is 0 Å². The summed E-state index contributed by atoms with van der Waals surface area (Å²) in [4.78, 5) is 30.6. The van der Waals surface area contributed by atoms with Crippen LogP contribution in [0, 0.1) is 0 Å². The number of nitrogens with zero attached hydrogens (tertiary/aromatic N) is 6. The van der Waals surface area contributed by atoms with Crippen molar-refractivity contribution >= 4 is 17.5 Å². The first-order valence-corrected chi connectivity index (χ1v) is 9.64. The minimum absolute atomic E-state index is 0.0435. The van der Waals surface area contributed by atoms with Crippen molar-refractivity contribution in [2.45, 2.75) is 32.2 Å². The van der Waals surface area contributed by atoms with E-state index in [1.807, 2.05) is 39.6 Å². The van der Waals surface area contributed by atoms with Gasteiger partial charge in [-0.1, -0.05) is 0 Å². The van der Waals surface area contributed by atoms with E-state index in [0.29, 0.717) is 17.8 Å². The quantitative estimate of drug-likeness (QED) is 0.794. The summed E-state index contributed by atoms with van der Waals surface area (Å²) in [5.74, 6) is 0.910. The van der Waals surface area contributed by atoms with Gasteiger partial charge in [-0.25, -0.2) is 0 Å². The summed E-state index contributed by atoms with van der Waals surface area (Å²) < 4.78 is 1.90. The molecule has 4 heterocycles. The standard InChI is InChI=1S/C19H26N6O2/c1-14(26)24-11-10-22(2)16(13-24)18-21-20-17-7-6-15(12-25(17)18)19(27)23-8-4-3-5-9-23/h6-7,12,16H,3-5,8-11,13H2,1-2H3/t16-/m0/s1. The fourth-order valence-electron chi connectivity index (χ4n) is 3.98. The predicted octanol–water partition coefficient (Wildman–Crippen LogP) is 1.19. The molecule has 0 aliphatic carbocycles. The van der Waals surface area contributed by atoms with Crippen molar-refractivity contribution in [1.29, 1.82) is 0 Å². The van der Waals surface area contributed by atoms with Crippen LogP contribution in [0.15, 0.2) is 18.3 Å². The first-order chi connectivity index (χ1) is 13.0. The SMILES string of the molecule is CC(=O)N1CCN(C)[C@H](c2nnc3ccc(C(=O)N4CCCCC4)cn23)C1. The lowest BCUT2D eigenvalue weighted by Gasteiger charge is -2.38. The highest BCUT2D eigenvalue weighted by molar-refractivity contribution is 5.94. The van der Waals surface area contributed by atoms with E-state index in [2.05, 4.69) is 15.1 Å². The third-order valence-corrected chi connectivity index (χ3v) is 5.71. The number of rotatable bonds is 2. The molecule has 0 spiro atoms. The molecular weight excluding hydrogens is 344 g/mol. The normalized spacial score (nSPS) is 21.6. The fraction of sp³-hybridized carbons (Fsp3) is 0.579. The number of pyridine rings is 1. The van der Waals surface area contributed by atoms with Gasteiger partial charge in [0.15, 0.2) is 11.5 Å². The smallest absolute Gasteiger partial charge is 0.255 e. The number of aromatic nitrogens is 3. The number of carbonyl (C=O) groups is 2. The molecule has 0 saturated carbocycles. The molecule has 0 bridgehead atoms. The average molecular weight is 370 g/mol. The Labute approximate surface area is 158 Å². The predicted molar refractivity (Wildman–Crippen MR) is 100 cm³/mol. The molecule has 4 rings (SSSR count). The minimum atomic E-state index is -0.0435. The Hall–Kier alpha value is -2.48. The lowest BCUT2D eigenvalue weighted by molar-refractivity contribution is -0.131. The molecule has 8 heteroatoms. The summed E-state index contributed by atoms with van der Waals surface area (Å²) in [5, 5.41) is 8.65. The first-order valence-electron chi connectivity index (χ1n) is 9.64. The molecule has 2 aromatic rings. The summed E-state index contributed by atoms with van der Waals surface area (Å²) in [6.45, 7) is 5.33. The second kappa shape index (κ2) is 7.26. The van der Waals surface area contributed by atoms with Gasteiger partial charge in [-0.3, -0.25) is 18.9 Å². The van der Waals surface area contributed by atoms with Gasteiger partial charge >= 0.3 is 0 Å². The molecule has 144 valence electrons. The van der Waals surface area contributed by atoms with Crippen molar-refractivity contribution in [1.82, 2.24) is 29.3 Å². The van der Waals surface area contributed by atoms with E-state index < -0.39 is 0 Å². The lowest BCUT2D eigenvalue weighted by atomic mass is 10.1. The Kier molecular flexibility index (Phi) is 4.82. The maximum absolute atomic E-state index is 12.9. The molecule has 8 nitrogen and oxygen atoms in total. The largest absolute Gasteiger partial charge is 0.340 e. The van der Waals surface area contributed by atoms with Crippen molar-refractivity contribution in [3.63, 3.8) is 0 Å². The summed E-state index contributed by atoms with van der Waals surface area (Å²) >= 11 is 0. The van der Waals surface area contributed by atoms with Gasteiger partial charge in [0, 0.05) is 45.8 Å². The zero-order valence-corrected chi connectivity index (χ0v) is 16.0. The van der Waals surface area contributed by atoms with E-state index in [0.717, 1.165) is 44.8 Å². The number of hydrogen-bond acceptors (Lipinski definition) is 5. The van der Waals surface area contributed by atoms with E-state index in [-0.39, 0.29) is 17.9 Å². The van der Waals surface area contributed by atoms with Crippen LogP contribution in [0.3, 0.4) is 0 Å². The van der Waals surface area contributed by atoms with Gasteiger partial charge in [-0.05, 0) is 38.4 Å². The molecule has 2 saturated heterocycles. The average Bonchev–Trinajstić information content (AvgIpc) is 3.11. The summed E-state index contributed by atoms with van der Waals surface area (Å²) in [7, 11) is 2.03. The molecule has 0 aromatic carbocycles. The monoisotopic (exact) mass is 370 g/mol. The summed E-state index contributed by atoms with van der Waals surface area (Å²) in [6, 6.07) is 3.63. The van der Waals surface area contributed by atoms with Crippen LogP contribution in [0.2, 0.25) is 0 Å². The Balaban J connectivity index is 1.65. The van der Waals surface area contributed by atoms with Crippen LogP contribution < -0.4 is 0 Å². The molecule has 2 fully saturated rings. The Morgan fingerprint density at radius 2 is 1.78 bits per heavy atom. The van der Waals surface area contributed by atoms with Crippen LogP contribution in [0.1, 0.15) is 48.4 Å². The summed E-state index contributed by atoms with van der Waals surface area (Å²) in [5.41, 5.74) is 1.38. The highest BCUT2D eigenvalue weighted by atomic mass is 16.2. The molecule has 27 heavy (non-hydrogen) atoms. The van der Waals surface area contributed by atoms with Crippen molar-refractivity contribution < 1.29 is 9.59 Å². The van der Waals surface area contributed by atoms with Gasteiger partial charge < -0.3 is 9.80 Å². The lowest BCUT2D eigenvalue weighted by Crippen LogP contribution is -2.48. The fourth-order valence-corrected chi connectivity index (χ4v) is 3.98. The van der Waals surface area contributed by atoms with Crippen LogP contribution in [0.5, 0.6) is 0 Å². The molecule has 1 atom stereocenters. The Bertz CT molecular complexity index is 857. The number of carbonyl (C=O) groups excluding carboxylic acids is 2. The molecule has 0 radical (unpaired) electrons. The van der Waals surface area contributed by atoms with Crippen LogP contribution in [0.25, 0.3) is 5.65 Å². The van der Waals surface area contributed by atoms with Crippen molar-refractivity contribution in [3.8, 4) is 0 Å². The van der Waals surface area contributed by atoms with Crippen LogP contribution in [-0.2, 0) is 4.79 Å². The molecule has 2 aliphatic rings. The van der Waals surface area contributed by atoms with Crippen molar-refractivity contribution in [2.75, 3.05) is 39.8 Å². The molecule has 2 amide bonds. The number of likely N-dealkylation sites (N-methyl/N-ethyl adjacent to an activating group) is 1. The van der Waals surface area contributed by atoms with Gasteiger partial charge in [0.05, 0.1) is 11.6 Å². The highest BCUT2D eigenvalue weighted by Crippen LogP contribution is 2.24. The van der Waals surface area contributed by atoms with Gasteiger partial charge in [0.25, 0.3) is 5.91 Å². The van der Waals surface area contributed by atoms with E-state index in [1.165, 1.54) is 6.42 Å². The highest BCUT2D eigenvalue weighted by Gasteiger charge is 2.30. The third kappa shape index (κ3) is 3.41. The summed E-state index contributed by atoms with van der Waals surface area (Å²) in [6.07, 6.45) is 5.18. The number of hydrogen-bond donors (Lipinski definition) is 0. The topological polar surface area (TPSA) is 74.0 Å². The van der Waals surface area contributed by atoms with E-state index in [1.54, 1.807) is 6.92 Å². The number of likely N-dealkylation sites (tertiary alicyclic amines) is 1. The number of piperazine rings is 1. The maximum Gasteiger partial charge on any atom is 0.255 e. The second-order valence-corrected chi connectivity index (χ2v) is 7.52. The van der Waals surface area contributed by atoms with Crippen molar-refractivity contribution in [2.24, 2.45) is 0 Å². The second-order valence-electron chi connectivity index (χ2n) is 7.52. The maximum atomic E-state index is 12.9. The zero-order chi connectivity index (χ0) is 19.0. The van der Waals surface area contributed by atoms with Gasteiger partial charge in [-0.15, -0.1) is 10.2 Å². The first kappa shape index (κ1) is 17.9. The van der Waals surface area contributed by atoms with Gasteiger partial charge in [0.2, 0.25) is 5.91 Å². The number of fused-ring (bicyclic) bond motifs is 1. The van der Waals surface area contributed by atoms with Crippen LogP contribution >= 0.6 is 0 Å². The minimum Gasteiger partial charge on any atom is -0.340 e. The van der Waals surface area contributed by atoms with Gasteiger partial charge in [0.1, 0.15) is 0 Å². The molecule has 2 aromatic heterocycles. The molecular formula is C19H26N6O2. The molecule has 0 unspecified atom stereocenters. The Morgan fingerprint density at radius 3 is 2.52 bits per heavy atom. The van der Waals surface area contributed by atoms with Crippen molar-refractivity contribution in [3.05, 3.63) is 29.7 Å². The van der Waals surface area contributed by atoms with E-state index in [9.17, 15) is 9.59 Å². The Morgan fingerprint density at radius 1 is 1.00 bits per heavy atom. The van der Waals surface area contributed by atoms with Gasteiger partial charge in [-0.2, -0.15) is 0 Å². The number of piperidine rings is 1. The molecule has 0 N–H and O–H groups in total. The van der Waals surface area contributed by atoms with Crippen LogP contribution in [-0.4, -0.2) is 80.9 Å². The molecule has 2 aliphatic heterocycles. The van der Waals surface area contributed by atoms with E-state index in [4.69, 9.17) is 0 Å². The van der Waals surface area contributed by atoms with Crippen LogP contribution in [0.4, 0.5) is 0 Å². The third-order valence-electron chi connectivity index (χ3n) is 5.71. The number of amides is 2.